The Morgan fingerprint density at radius 2 is 1.96 bits per heavy atom. The molecule has 0 aliphatic carbocycles. The van der Waals surface area contributed by atoms with E-state index in [0.29, 0.717) is 13.0 Å². The van der Waals surface area contributed by atoms with Gasteiger partial charge in [-0.15, -0.1) is 0 Å². The molecule has 3 N–H and O–H groups in total. The molecule has 1 aromatic heterocycles. The molecule has 5 nitrogen and oxygen atoms in total. The summed E-state index contributed by atoms with van der Waals surface area (Å²) in [5.41, 5.74) is 8.61. The second kappa shape index (κ2) is 7.01. The Labute approximate surface area is 146 Å². The van der Waals surface area contributed by atoms with E-state index in [1.54, 1.807) is 12.4 Å². The molecule has 3 aromatic rings. The molecule has 0 bridgehead atoms. The summed E-state index contributed by atoms with van der Waals surface area (Å²) in [6, 6.07) is 18.3. The lowest BCUT2D eigenvalue weighted by molar-refractivity contribution is -0.123. The normalized spacial score (nSPS) is 19.8. The Hall–Kier alpha value is -2.76. The number of carbonyl (C=O) groups excluding carboxylic acids is 1. The van der Waals surface area contributed by atoms with Crippen LogP contribution in [0.2, 0.25) is 0 Å². The van der Waals surface area contributed by atoms with Crippen LogP contribution >= 0.6 is 0 Å². The minimum Gasteiger partial charge on any atom is -0.351 e. The van der Waals surface area contributed by atoms with Crippen LogP contribution in [0.5, 0.6) is 0 Å². The maximum Gasteiger partial charge on any atom is 0.238 e. The molecule has 1 fully saturated rings. The second-order valence-electron chi connectivity index (χ2n) is 6.28. The SMILES string of the molecule is O=C(NCc1cccnc1)C1CC(c2cccc3ccccc23)NN1. The molecule has 0 radical (unpaired) electrons. The fraction of sp³-hybridized carbons (Fsp3) is 0.200. The number of benzene rings is 2. The molecule has 2 atom stereocenters. The van der Waals surface area contributed by atoms with Crippen LogP contribution in [-0.2, 0) is 11.3 Å². The standard InChI is InChI=1S/C20H20N4O/c25-20(22-13-14-5-4-10-21-12-14)19-11-18(23-24-19)17-9-3-7-15-6-1-2-8-16(15)17/h1-10,12,18-19,23-24H,11,13H2,(H,22,25). The number of hydrazine groups is 1. The lowest BCUT2D eigenvalue weighted by Crippen LogP contribution is -2.42. The van der Waals surface area contributed by atoms with Gasteiger partial charge in [-0.25, -0.2) is 10.9 Å². The molecular weight excluding hydrogens is 312 g/mol. The maximum atomic E-state index is 12.4. The summed E-state index contributed by atoms with van der Waals surface area (Å²) < 4.78 is 0. The second-order valence-corrected chi connectivity index (χ2v) is 6.28. The van der Waals surface area contributed by atoms with Crippen LogP contribution < -0.4 is 16.2 Å². The van der Waals surface area contributed by atoms with Crippen molar-refractivity contribution >= 4 is 16.7 Å². The molecule has 1 aliphatic rings. The third-order valence-electron chi connectivity index (χ3n) is 4.61. The van der Waals surface area contributed by atoms with Crippen LogP contribution in [0.15, 0.2) is 67.0 Å². The molecular formula is C20H20N4O. The lowest BCUT2D eigenvalue weighted by atomic mass is 9.96. The first-order valence-electron chi connectivity index (χ1n) is 8.46. The first kappa shape index (κ1) is 15.7. The molecule has 2 heterocycles. The van der Waals surface area contributed by atoms with E-state index >= 15 is 0 Å². The number of aromatic nitrogens is 1. The fourth-order valence-electron chi connectivity index (χ4n) is 3.30. The molecule has 1 amide bonds. The van der Waals surface area contributed by atoms with Gasteiger partial charge in [0.1, 0.15) is 6.04 Å². The summed E-state index contributed by atoms with van der Waals surface area (Å²) >= 11 is 0. The zero-order valence-electron chi connectivity index (χ0n) is 13.8. The zero-order valence-corrected chi connectivity index (χ0v) is 13.8. The van der Waals surface area contributed by atoms with E-state index in [2.05, 4.69) is 51.5 Å². The van der Waals surface area contributed by atoms with E-state index in [4.69, 9.17) is 0 Å². The highest BCUT2D eigenvalue weighted by Gasteiger charge is 2.30. The topological polar surface area (TPSA) is 66.0 Å². The predicted octanol–water partition coefficient (Wildman–Crippen LogP) is 2.46. The zero-order chi connectivity index (χ0) is 17.1. The van der Waals surface area contributed by atoms with Gasteiger partial charge in [0.15, 0.2) is 0 Å². The van der Waals surface area contributed by atoms with E-state index < -0.39 is 0 Å². The van der Waals surface area contributed by atoms with Crippen LogP contribution in [0, 0.1) is 0 Å². The van der Waals surface area contributed by atoms with Gasteiger partial charge < -0.3 is 5.32 Å². The molecule has 1 saturated heterocycles. The molecule has 25 heavy (non-hydrogen) atoms. The summed E-state index contributed by atoms with van der Waals surface area (Å²) in [4.78, 5) is 16.5. The van der Waals surface area contributed by atoms with Gasteiger partial charge in [0.05, 0.1) is 0 Å². The number of nitrogens with zero attached hydrogens (tertiary/aromatic N) is 1. The number of pyridine rings is 1. The van der Waals surface area contributed by atoms with Gasteiger partial charge in [-0.2, -0.15) is 0 Å². The molecule has 5 heteroatoms. The predicted molar refractivity (Wildman–Crippen MR) is 97.4 cm³/mol. The number of rotatable bonds is 4. The van der Waals surface area contributed by atoms with Crippen molar-refractivity contribution in [1.82, 2.24) is 21.2 Å². The highest BCUT2D eigenvalue weighted by atomic mass is 16.2. The highest BCUT2D eigenvalue weighted by Crippen LogP contribution is 2.29. The summed E-state index contributed by atoms with van der Waals surface area (Å²) in [6.45, 7) is 0.490. The van der Waals surface area contributed by atoms with E-state index in [9.17, 15) is 4.79 Å². The molecule has 2 aromatic carbocycles. The van der Waals surface area contributed by atoms with Gasteiger partial charge >= 0.3 is 0 Å². The van der Waals surface area contributed by atoms with E-state index in [0.717, 1.165) is 5.56 Å². The van der Waals surface area contributed by atoms with Gasteiger partial charge in [-0.1, -0.05) is 48.5 Å². The van der Waals surface area contributed by atoms with E-state index in [-0.39, 0.29) is 18.0 Å². The van der Waals surface area contributed by atoms with Crippen LogP contribution in [-0.4, -0.2) is 16.9 Å². The number of hydrogen-bond acceptors (Lipinski definition) is 4. The third-order valence-corrected chi connectivity index (χ3v) is 4.61. The van der Waals surface area contributed by atoms with Crippen molar-refractivity contribution < 1.29 is 4.79 Å². The van der Waals surface area contributed by atoms with Gasteiger partial charge in [-0.3, -0.25) is 9.78 Å². The first-order chi connectivity index (χ1) is 12.3. The number of carbonyl (C=O) groups is 1. The number of nitrogens with one attached hydrogen (secondary N) is 3. The minimum absolute atomic E-state index is 0.000843. The largest absolute Gasteiger partial charge is 0.351 e. The monoisotopic (exact) mass is 332 g/mol. The highest BCUT2D eigenvalue weighted by molar-refractivity contribution is 5.86. The molecule has 1 aliphatic heterocycles. The van der Waals surface area contributed by atoms with Crippen molar-refractivity contribution in [2.45, 2.75) is 25.0 Å². The Bertz CT molecular complexity index is 876. The summed E-state index contributed by atoms with van der Waals surface area (Å²) in [6.07, 6.45) is 4.20. The lowest BCUT2D eigenvalue weighted by Gasteiger charge is -2.13. The van der Waals surface area contributed by atoms with Gasteiger partial charge in [-0.05, 0) is 34.4 Å². The molecule has 4 rings (SSSR count). The van der Waals surface area contributed by atoms with Crippen molar-refractivity contribution in [1.29, 1.82) is 0 Å². The van der Waals surface area contributed by atoms with E-state index in [1.807, 2.05) is 24.3 Å². The summed E-state index contributed by atoms with van der Waals surface area (Å²) in [5, 5.41) is 5.41. The Morgan fingerprint density at radius 1 is 1.08 bits per heavy atom. The van der Waals surface area contributed by atoms with E-state index in [1.165, 1.54) is 16.3 Å². The number of amides is 1. The Balaban J connectivity index is 1.43. The molecule has 0 spiro atoms. The number of hydrogen-bond donors (Lipinski definition) is 3. The third kappa shape index (κ3) is 3.38. The quantitative estimate of drug-likeness (QED) is 0.687. The van der Waals surface area contributed by atoms with Gasteiger partial charge in [0.25, 0.3) is 0 Å². The van der Waals surface area contributed by atoms with Crippen LogP contribution in [0.3, 0.4) is 0 Å². The fourth-order valence-corrected chi connectivity index (χ4v) is 3.30. The maximum absolute atomic E-state index is 12.4. The average Bonchev–Trinajstić information content (AvgIpc) is 3.16. The van der Waals surface area contributed by atoms with Crippen molar-refractivity contribution in [3.8, 4) is 0 Å². The van der Waals surface area contributed by atoms with Crippen molar-refractivity contribution in [3.63, 3.8) is 0 Å². The smallest absolute Gasteiger partial charge is 0.238 e. The Kier molecular flexibility index (Phi) is 4.41. The summed E-state index contributed by atoms with van der Waals surface area (Å²) in [5.74, 6) is -0.000843. The average molecular weight is 332 g/mol. The Morgan fingerprint density at radius 3 is 2.84 bits per heavy atom. The number of fused-ring (bicyclic) bond motifs is 1. The van der Waals surface area contributed by atoms with Crippen molar-refractivity contribution in [2.75, 3.05) is 0 Å². The molecule has 126 valence electrons. The van der Waals surface area contributed by atoms with Crippen molar-refractivity contribution in [3.05, 3.63) is 78.1 Å². The van der Waals surface area contributed by atoms with Crippen LogP contribution in [0.25, 0.3) is 10.8 Å². The van der Waals surface area contributed by atoms with Gasteiger partial charge in [0.2, 0.25) is 5.91 Å². The summed E-state index contributed by atoms with van der Waals surface area (Å²) in [7, 11) is 0. The van der Waals surface area contributed by atoms with Crippen LogP contribution in [0.4, 0.5) is 0 Å². The van der Waals surface area contributed by atoms with Crippen LogP contribution in [0.1, 0.15) is 23.6 Å². The van der Waals surface area contributed by atoms with Crippen molar-refractivity contribution in [2.24, 2.45) is 0 Å². The van der Waals surface area contributed by atoms with Gasteiger partial charge in [0, 0.05) is 25.0 Å². The first-order valence-corrected chi connectivity index (χ1v) is 8.46. The molecule has 0 saturated carbocycles. The minimum atomic E-state index is -0.249. The molecule has 2 unspecified atom stereocenters.